The first kappa shape index (κ1) is 21.6. The van der Waals surface area contributed by atoms with Crippen molar-refractivity contribution in [1.29, 1.82) is 0 Å². The van der Waals surface area contributed by atoms with Crippen molar-refractivity contribution in [2.45, 2.75) is 25.9 Å². The van der Waals surface area contributed by atoms with E-state index in [4.69, 9.17) is 15.3 Å². The fourth-order valence-corrected chi connectivity index (χ4v) is 4.54. The number of fused-ring (bicyclic) bond motifs is 1. The summed E-state index contributed by atoms with van der Waals surface area (Å²) in [5.74, 6) is -0.773. The molecule has 0 bridgehead atoms. The number of para-hydroxylation sites is 1. The Bertz CT molecular complexity index is 1260. The van der Waals surface area contributed by atoms with E-state index in [0.717, 1.165) is 11.3 Å². The summed E-state index contributed by atoms with van der Waals surface area (Å²) in [5, 5.41) is 7.05. The zero-order valence-electron chi connectivity index (χ0n) is 17.0. The van der Waals surface area contributed by atoms with Crippen molar-refractivity contribution in [1.82, 2.24) is 4.98 Å². The Kier molecular flexibility index (Phi) is 5.74. The maximum atomic E-state index is 13.1. The summed E-state index contributed by atoms with van der Waals surface area (Å²) in [6.07, 6.45) is -3.56. The number of anilines is 1. The van der Waals surface area contributed by atoms with E-state index in [9.17, 15) is 18.4 Å². The van der Waals surface area contributed by atoms with Gasteiger partial charge < -0.3 is 20.6 Å². The first-order valence-corrected chi connectivity index (χ1v) is 10.3. The summed E-state index contributed by atoms with van der Waals surface area (Å²) in [6.45, 7) is 1.60. The third kappa shape index (κ3) is 3.86. The highest BCUT2D eigenvalue weighted by Crippen LogP contribution is 2.38. The van der Waals surface area contributed by atoms with Crippen LogP contribution in [0.15, 0.2) is 35.5 Å². The molecule has 0 fully saturated rings. The highest BCUT2D eigenvalue weighted by Gasteiger charge is 2.32. The number of hydrogen-bond acceptors (Lipinski definition) is 7. The van der Waals surface area contributed by atoms with Gasteiger partial charge >= 0.3 is 0 Å². The normalized spacial score (nSPS) is 15.5. The lowest BCUT2D eigenvalue weighted by Crippen LogP contribution is -2.29. The number of oxime groups is 1. The smallest absolute Gasteiger partial charge is 0.280 e. The molecule has 4 rings (SSSR count). The van der Waals surface area contributed by atoms with Crippen molar-refractivity contribution in [3.05, 3.63) is 52.0 Å². The van der Waals surface area contributed by atoms with E-state index in [-0.39, 0.29) is 21.8 Å². The Labute approximate surface area is 185 Å². The van der Waals surface area contributed by atoms with Crippen molar-refractivity contribution in [3.63, 3.8) is 0 Å². The van der Waals surface area contributed by atoms with Gasteiger partial charge in [0.25, 0.3) is 18.2 Å². The largest absolute Gasteiger partial charge is 0.496 e. The molecular weight excluding hydrogens is 442 g/mol. The molecule has 32 heavy (non-hydrogen) atoms. The molecule has 3 N–H and O–H groups in total. The molecule has 3 aromatic rings. The first-order chi connectivity index (χ1) is 15.3. The molecule has 1 aliphatic rings. The van der Waals surface area contributed by atoms with Crippen LogP contribution in [0, 0.1) is 6.92 Å². The van der Waals surface area contributed by atoms with Gasteiger partial charge in [0.15, 0.2) is 0 Å². The summed E-state index contributed by atoms with van der Waals surface area (Å²) in [6, 6.07) is 8.41. The highest BCUT2D eigenvalue weighted by molar-refractivity contribution is 7.21. The van der Waals surface area contributed by atoms with Crippen molar-refractivity contribution in [2.24, 2.45) is 10.9 Å². The van der Waals surface area contributed by atoms with E-state index in [1.165, 1.54) is 13.2 Å². The van der Waals surface area contributed by atoms with Crippen LogP contribution in [0.25, 0.3) is 10.2 Å². The molecule has 0 radical (unpaired) electrons. The van der Waals surface area contributed by atoms with Gasteiger partial charge in [-0.3, -0.25) is 9.59 Å². The predicted octanol–water partition coefficient (Wildman–Crippen LogP) is 3.78. The van der Waals surface area contributed by atoms with Gasteiger partial charge in [-0.15, -0.1) is 11.3 Å². The fourth-order valence-electron chi connectivity index (χ4n) is 3.48. The summed E-state index contributed by atoms with van der Waals surface area (Å²) < 4.78 is 31.6. The molecule has 8 nitrogen and oxygen atoms in total. The van der Waals surface area contributed by atoms with Crippen LogP contribution in [0.2, 0.25) is 0 Å². The number of aryl methyl sites for hydroxylation is 1. The summed E-state index contributed by atoms with van der Waals surface area (Å²) in [4.78, 5) is 34.3. The predicted molar refractivity (Wildman–Crippen MR) is 115 cm³/mol. The number of rotatable bonds is 6. The van der Waals surface area contributed by atoms with E-state index in [2.05, 4.69) is 15.5 Å². The zero-order chi connectivity index (χ0) is 23.0. The monoisotopic (exact) mass is 460 g/mol. The number of methoxy groups -OCH3 is 1. The third-order valence-electron chi connectivity index (χ3n) is 4.95. The van der Waals surface area contributed by atoms with Crippen molar-refractivity contribution in [3.8, 4) is 5.75 Å². The standard InChI is InChI=1S/C21H18F2N4O4S/c1-9-7-12(18(22)23)25-21-15(9)16(17(32-21)19(24)28)26-20(29)14-8-11(27-31-14)10-5-3-4-6-13(10)30-2/h3-7,14,18H,8H2,1-2H3,(H2,24,28)(H,26,29). The number of hydrogen-bond donors (Lipinski definition) is 2. The van der Waals surface area contributed by atoms with Crippen LogP contribution in [0.4, 0.5) is 14.5 Å². The minimum absolute atomic E-state index is 0.0132. The molecule has 0 saturated carbocycles. The average Bonchev–Trinajstić information content (AvgIpc) is 3.39. The van der Waals surface area contributed by atoms with Gasteiger partial charge in [-0.2, -0.15) is 0 Å². The lowest BCUT2D eigenvalue weighted by atomic mass is 10.0. The van der Waals surface area contributed by atoms with Crippen molar-refractivity contribution in [2.75, 3.05) is 12.4 Å². The molecular formula is C21H18F2N4O4S. The number of carbonyl (C=O) groups excluding carboxylic acids is 2. The Balaban J connectivity index is 1.62. The van der Waals surface area contributed by atoms with Crippen LogP contribution in [-0.4, -0.2) is 35.7 Å². The molecule has 2 aromatic heterocycles. The number of halogens is 2. The number of carbonyl (C=O) groups is 2. The second-order valence-electron chi connectivity index (χ2n) is 7.04. The van der Waals surface area contributed by atoms with Crippen LogP contribution in [0.1, 0.15) is 39.3 Å². The average molecular weight is 460 g/mol. The van der Waals surface area contributed by atoms with Gasteiger partial charge in [-0.1, -0.05) is 17.3 Å². The number of primary amides is 1. The van der Waals surface area contributed by atoms with E-state index < -0.39 is 30.0 Å². The molecule has 1 aliphatic heterocycles. The number of benzene rings is 1. The molecule has 0 saturated heterocycles. The lowest BCUT2D eigenvalue weighted by Gasteiger charge is -2.11. The fraction of sp³-hybridized carbons (Fsp3) is 0.238. The second kappa shape index (κ2) is 8.50. The number of amides is 2. The van der Waals surface area contributed by atoms with Gasteiger partial charge in [0.05, 0.1) is 18.5 Å². The number of aromatic nitrogens is 1. The van der Waals surface area contributed by atoms with E-state index >= 15 is 0 Å². The van der Waals surface area contributed by atoms with E-state index in [1.54, 1.807) is 19.1 Å². The summed E-state index contributed by atoms with van der Waals surface area (Å²) in [7, 11) is 1.53. The van der Waals surface area contributed by atoms with E-state index in [0.29, 0.717) is 28.0 Å². The quantitative estimate of drug-likeness (QED) is 0.581. The van der Waals surface area contributed by atoms with Crippen LogP contribution >= 0.6 is 11.3 Å². The number of ether oxygens (including phenoxy) is 1. The lowest BCUT2D eigenvalue weighted by molar-refractivity contribution is -0.125. The van der Waals surface area contributed by atoms with Gasteiger partial charge in [-0.25, -0.2) is 13.8 Å². The Hall–Kier alpha value is -3.60. The van der Waals surface area contributed by atoms with Gasteiger partial charge in [0.2, 0.25) is 6.10 Å². The van der Waals surface area contributed by atoms with Gasteiger partial charge in [0.1, 0.15) is 21.2 Å². The molecule has 1 unspecified atom stereocenters. The molecule has 2 amide bonds. The molecule has 3 heterocycles. The molecule has 0 aliphatic carbocycles. The number of alkyl halides is 2. The van der Waals surface area contributed by atoms with Gasteiger partial charge in [-0.05, 0) is 30.7 Å². The molecule has 166 valence electrons. The van der Waals surface area contributed by atoms with Gasteiger partial charge in [0, 0.05) is 17.4 Å². The maximum absolute atomic E-state index is 13.1. The highest BCUT2D eigenvalue weighted by atomic mass is 32.1. The summed E-state index contributed by atoms with van der Waals surface area (Å²) >= 11 is 0.845. The number of pyridine rings is 1. The Morgan fingerprint density at radius 3 is 2.78 bits per heavy atom. The Morgan fingerprint density at radius 2 is 2.09 bits per heavy atom. The van der Waals surface area contributed by atoms with Crippen molar-refractivity contribution < 1.29 is 27.9 Å². The maximum Gasteiger partial charge on any atom is 0.280 e. The number of nitrogens with zero attached hydrogens (tertiary/aromatic N) is 2. The van der Waals surface area contributed by atoms with Crippen LogP contribution in [0.3, 0.4) is 0 Å². The third-order valence-corrected chi connectivity index (χ3v) is 6.05. The van der Waals surface area contributed by atoms with Crippen molar-refractivity contribution >= 4 is 44.8 Å². The van der Waals surface area contributed by atoms with Crippen LogP contribution in [-0.2, 0) is 9.63 Å². The van der Waals surface area contributed by atoms with E-state index in [1.807, 2.05) is 12.1 Å². The second-order valence-corrected chi connectivity index (χ2v) is 8.04. The number of thiophene rings is 1. The minimum atomic E-state index is -2.77. The SMILES string of the molecule is COc1ccccc1C1=NOC(C(=O)Nc2c(C(N)=O)sc3nc(C(F)F)cc(C)c23)C1. The molecule has 11 heteroatoms. The Morgan fingerprint density at radius 1 is 1.34 bits per heavy atom. The van der Waals surface area contributed by atoms with Crippen LogP contribution in [0.5, 0.6) is 5.75 Å². The number of nitrogens with two attached hydrogens (primary N) is 1. The molecule has 1 aromatic carbocycles. The molecule has 0 spiro atoms. The zero-order valence-corrected chi connectivity index (χ0v) is 17.8. The topological polar surface area (TPSA) is 116 Å². The first-order valence-electron chi connectivity index (χ1n) is 9.49. The summed E-state index contributed by atoms with van der Waals surface area (Å²) in [5.41, 5.74) is 6.84. The minimum Gasteiger partial charge on any atom is -0.496 e. The van der Waals surface area contributed by atoms with Crippen LogP contribution < -0.4 is 15.8 Å². The number of nitrogens with one attached hydrogen (secondary N) is 1. The molecule has 1 atom stereocenters.